The van der Waals surface area contributed by atoms with Crippen molar-refractivity contribution < 1.29 is 33.4 Å². The van der Waals surface area contributed by atoms with Gasteiger partial charge in [0.25, 0.3) is 5.91 Å². The second-order valence-corrected chi connectivity index (χ2v) is 5.61. The average molecular weight is 416 g/mol. The molecule has 1 aromatic rings. The van der Waals surface area contributed by atoms with Crippen LogP contribution in [-0.2, 0) is 19.1 Å². The summed E-state index contributed by atoms with van der Waals surface area (Å²) in [5, 5.41) is 1.88. The van der Waals surface area contributed by atoms with Gasteiger partial charge >= 0.3 is 12.1 Å². The second kappa shape index (κ2) is 10.4. The predicted octanol–water partition coefficient (Wildman–Crippen LogP) is 2.24. The Morgan fingerprint density at radius 2 is 1.84 bits per heavy atom. The van der Waals surface area contributed by atoms with Crippen LogP contribution in [0.2, 0.25) is 0 Å². The maximum Gasteiger partial charge on any atom is 0.413 e. The van der Waals surface area contributed by atoms with E-state index in [1.165, 1.54) is 7.11 Å². The Kier molecular flexibility index (Phi) is 8.62. The number of benzene rings is 1. The van der Waals surface area contributed by atoms with Gasteiger partial charge < -0.3 is 14.2 Å². The third kappa shape index (κ3) is 7.34. The number of ketones is 1. The van der Waals surface area contributed by atoms with Crippen LogP contribution in [0, 0.1) is 0 Å². The zero-order chi connectivity index (χ0) is 18.8. The summed E-state index contributed by atoms with van der Waals surface area (Å²) in [6.07, 6.45) is -1.23. The first kappa shape index (κ1) is 20.6. The van der Waals surface area contributed by atoms with E-state index in [0.717, 1.165) is 0 Å². The molecule has 1 aromatic carbocycles. The molecule has 2 amide bonds. The number of ether oxygens (including phenoxy) is 3. The van der Waals surface area contributed by atoms with Gasteiger partial charge in [0, 0.05) is 10.9 Å². The molecule has 0 aliphatic rings. The molecule has 0 atom stereocenters. The number of hydrogen-bond donors (Lipinski definition) is 1. The molecule has 0 aromatic heterocycles. The fraction of sp³-hybridized carbons (Fsp3) is 0.375. The van der Waals surface area contributed by atoms with Crippen molar-refractivity contribution in [3.05, 3.63) is 28.2 Å². The van der Waals surface area contributed by atoms with Gasteiger partial charge in [0.1, 0.15) is 5.75 Å². The van der Waals surface area contributed by atoms with E-state index in [2.05, 4.69) is 20.7 Å². The predicted molar refractivity (Wildman–Crippen MR) is 90.4 cm³/mol. The first-order valence-electron chi connectivity index (χ1n) is 7.36. The van der Waals surface area contributed by atoms with Gasteiger partial charge in [-0.3, -0.25) is 19.7 Å². The average Bonchev–Trinajstić information content (AvgIpc) is 2.57. The molecule has 1 rings (SSSR count). The van der Waals surface area contributed by atoms with Crippen molar-refractivity contribution in [1.29, 1.82) is 0 Å². The molecule has 0 radical (unpaired) electrons. The molecule has 136 valence electrons. The van der Waals surface area contributed by atoms with Crippen molar-refractivity contribution in [3.8, 4) is 5.75 Å². The van der Waals surface area contributed by atoms with Gasteiger partial charge in [-0.1, -0.05) is 15.9 Å². The highest BCUT2D eigenvalue weighted by molar-refractivity contribution is 9.10. The fourth-order valence-electron chi connectivity index (χ4n) is 1.78. The number of hydrogen-bond acceptors (Lipinski definition) is 7. The Labute approximate surface area is 152 Å². The number of nitrogens with one attached hydrogen (secondary N) is 1. The third-order valence-electron chi connectivity index (χ3n) is 2.90. The van der Waals surface area contributed by atoms with E-state index in [4.69, 9.17) is 9.47 Å². The van der Waals surface area contributed by atoms with E-state index < -0.39 is 24.6 Å². The SMILES string of the molecule is CCOC(=O)NC(=O)COC(=O)CCC(=O)c1cc(Br)ccc1OC. The molecule has 0 saturated heterocycles. The van der Waals surface area contributed by atoms with E-state index in [1.807, 2.05) is 5.32 Å². The molecule has 1 N–H and O–H groups in total. The Hall–Kier alpha value is -2.42. The molecule has 25 heavy (non-hydrogen) atoms. The lowest BCUT2D eigenvalue weighted by Crippen LogP contribution is -2.34. The number of amides is 2. The molecule has 0 bridgehead atoms. The summed E-state index contributed by atoms with van der Waals surface area (Å²) in [5.74, 6) is -1.45. The van der Waals surface area contributed by atoms with Crippen molar-refractivity contribution >= 4 is 39.7 Å². The normalized spacial score (nSPS) is 9.88. The molecule has 8 nitrogen and oxygen atoms in total. The number of carbonyl (C=O) groups is 4. The van der Waals surface area contributed by atoms with Crippen LogP contribution >= 0.6 is 15.9 Å². The summed E-state index contributed by atoms with van der Waals surface area (Å²) in [5.41, 5.74) is 0.338. The molecule has 0 fully saturated rings. The lowest BCUT2D eigenvalue weighted by Gasteiger charge is -2.08. The summed E-state index contributed by atoms with van der Waals surface area (Å²) >= 11 is 3.26. The topological polar surface area (TPSA) is 108 Å². The second-order valence-electron chi connectivity index (χ2n) is 4.70. The third-order valence-corrected chi connectivity index (χ3v) is 3.39. The Balaban J connectivity index is 2.44. The van der Waals surface area contributed by atoms with Gasteiger partial charge in [-0.2, -0.15) is 0 Å². The van der Waals surface area contributed by atoms with Crippen LogP contribution in [0.5, 0.6) is 5.75 Å². The minimum absolute atomic E-state index is 0.106. The number of halogens is 1. The lowest BCUT2D eigenvalue weighted by atomic mass is 10.1. The summed E-state index contributed by atoms with van der Waals surface area (Å²) in [6, 6.07) is 4.96. The molecule has 0 spiro atoms. The first-order chi connectivity index (χ1) is 11.9. The highest BCUT2D eigenvalue weighted by atomic mass is 79.9. The number of methoxy groups -OCH3 is 1. The summed E-state index contributed by atoms with van der Waals surface area (Å²) in [6.45, 7) is 1.06. The number of esters is 1. The van der Waals surface area contributed by atoms with Crippen molar-refractivity contribution in [3.63, 3.8) is 0 Å². The Bertz CT molecular complexity index is 660. The standard InChI is InChI=1S/C16H18BrNO7/c1-3-24-16(22)18-14(20)9-25-15(21)7-5-12(19)11-8-10(17)4-6-13(11)23-2/h4,6,8H,3,5,7,9H2,1-2H3,(H,18,20,22). The minimum Gasteiger partial charge on any atom is -0.496 e. The van der Waals surface area contributed by atoms with Gasteiger partial charge in [-0.05, 0) is 25.1 Å². The maximum atomic E-state index is 12.2. The van der Waals surface area contributed by atoms with Crippen LogP contribution in [0.3, 0.4) is 0 Å². The number of alkyl carbamates (subject to hydrolysis) is 1. The zero-order valence-corrected chi connectivity index (χ0v) is 15.4. The monoisotopic (exact) mass is 415 g/mol. The van der Waals surface area contributed by atoms with E-state index in [-0.39, 0.29) is 25.2 Å². The lowest BCUT2D eigenvalue weighted by molar-refractivity contribution is -0.148. The minimum atomic E-state index is -0.916. The number of imide groups is 1. The largest absolute Gasteiger partial charge is 0.496 e. The highest BCUT2D eigenvalue weighted by Gasteiger charge is 2.16. The van der Waals surface area contributed by atoms with E-state index in [9.17, 15) is 19.2 Å². The molecule has 0 aliphatic heterocycles. The van der Waals surface area contributed by atoms with Crippen molar-refractivity contribution in [2.45, 2.75) is 19.8 Å². The van der Waals surface area contributed by atoms with Gasteiger partial charge in [0.05, 0.1) is 25.7 Å². The maximum absolute atomic E-state index is 12.2. The van der Waals surface area contributed by atoms with Crippen LogP contribution in [-0.4, -0.2) is 44.1 Å². The van der Waals surface area contributed by atoms with Gasteiger partial charge in [-0.25, -0.2) is 4.79 Å². The number of rotatable bonds is 8. The summed E-state index contributed by atoms with van der Waals surface area (Å²) < 4.78 is 15.0. The van der Waals surface area contributed by atoms with E-state index in [0.29, 0.717) is 15.8 Å². The molecule has 0 heterocycles. The summed E-state index contributed by atoms with van der Waals surface area (Å²) in [7, 11) is 1.44. The molecular formula is C16H18BrNO7. The highest BCUT2D eigenvalue weighted by Crippen LogP contribution is 2.24. The van der Waals surface area contributed by atoms with Gasteiger partial charge in [-0.15, -0.1) is 0 Å². The quantitative estimate of drug-likeness (QED) is 0.512. The molecule has 0 saturated carbocycles. The van der Waals surface area contributed by atoms with E-state index >= 15 is 0 Å². The van der Waals surface area contributed by atoms with Crippen LogP contribution in [0.4, 0.5) is 4.79 Å². The fourth-order valence-corrected chi connectivity index (χ4v) is 2.14. The van der Waals surface area contributed by atoms with E-state index in [1.54, 1.807) is 25.1 Å². The van der Waals surface area contributed by atoms with Gasteiger partial charge in [0.15, 0.2) is 12.4 Å². The van der Waals surface area contributed by atoms with Crippen LogP contribution in [0.15, 0.2) is 22.7 Å². The Morgan fingerprint density at radius 1 is 1.12 bits per heavy atom. The summed E-state index contributed by atoms with van der Waals surface area (Å²) in [4.78, 5) is 46.1. The van der Waals surface area contributed by atoms with Crippen molar-refractivity contribution in [2.75, 3.05) is 20.3 Å². The number of carbonyl (C=O) groups excluding carboxylic acids is 4. The molecule has 0 unspecified atom stereocenters. The van der Waals surface area contributed by atoms with Crippen molar-refractivity contribution in [2.24, 2.45) is 0 Å². The Morgan fingerprint density at radius 3 is 2.48 bits per heavy atom. The van der Waals surface area contributed by atoms with Gasteiger partial charge in [0.2, 0.25) is 0 Å². The van der Waals surface area contributed by atoms with Crippen LogP contribution in [0.1, 0.15) is 30.1 Å². The zero-order valence-electron chi connectivity index (χ0n) is 13.8. The first-order valence-corrected chi connectivity index (χ1v) is 8.15. The van der Waals surface area contributed by atoms with Crippen molar-refractivity contribution in [1.82, 2.24) is 5.32 Å². The van der Waals surface area contributed by atoms with Crippen LogP contribution in [0.25, 0.3) is 0 Å². The smallest absolute Gasteiger partial charge is 0.413 e. The molecular weight excluding hydrogens is 398 g/mol. The van der Waals surface area contributed by atoms with Crippen LogP contribution < -0.4 is 10.1 Å². The molecule has 0 aliphatic carbocycles. The molecule has 9 heteroatoms. The number of Topliss-reactive ketones (excluding diaryl/α,β-unsaturated/α-hetero) is 1.